The van der Waals surface area contributed by atoms with E-state index < -0.39 is 0 Å². The molecule has 1 aliphatic carbocycles. The van der Waals surface area contributed by atoms with Crippen LogP contribution in [0.2, 0.25) is 5.15 Å². The van der Waals surface area contributed by atoms with Gasteiger partial charge in [-0.05, 0) is 25.0 Å². The van der Waals surface area contributed by atoms with Crippen LogP contribution in [0.15, 0.2) is 24.4 Å². The normalized spacial score (nSPS) is 14.6. The topological polar surface area (TPSA) is 54.5 Å². The standard InChI is InChI=1S/C12H9ClN4/c13-11-5-8(7-14)6-12(15-11)17-4-3-10(16-17)9-1-2-9/h3-6,9H,1-2H2. The zero-order valence-electron chi connectivity index (χ0n) is 8.97. The number of hydrogen-bond donors (Lipinski definition) is 0. The molecule has 0 radical (unpaired) electrons. The van der Waals surface area contributed by atoms with Gasteiger partial charge in [-0.1, -0.05) is 11.6 Å². The Balaban J connectivity index is 2.01. The zero-order chi connectivity index (χ0) is 11.8. The van der Waals surface area contributed by atoms with E-state index in [-0.39, 0.29) is 0 Å². The highest BCUT2D eigenvalue weighted by Gasteiger charge is 2.26. The summed E-state index contributed by atoms with van der Waals surface area (Å²) < 4.78 is 1.67. The minimum atomic E-state index is 0.308. The minimum absolute atomic E-state index is 0.308. The van der Waals surface area contributed by atoms with E-state index in [0.29, 0.717) is 22.5 Å². The lowest BCUT2D eigenvalue weighted by Crippen LogP contribution is -2.00. The van der Waals surface area contributed by atoms with Crippen molar-refractivity contribution in [2.24, 2.45) is 0 Å². The van der Waals surface area contributed by atoms with Crippen molar-refractivity contribution in [2.45, 2.75) is 18.8 Å². The molecule has 1 fully saturated rings. The molecule has 0 bridgehead atoms. The summed E-state index contributed by atoms with van der Waals surface area (Å²) in [5.74, 6) is 1.19. The molecule has 0 spiro atoms. The molecule has 2 aromatic heterocycles. The third-order valence-electron chi connectivity index (χ3n) is 2.75. The lowest BCUT2D eigenvalue weighted by atomic mass is 10.3. The van der Waals surface area contributed by atoms with Gasteiger partial charge in [-0.25, -0.2) is 9.67 Å². The van der Waals surface area contributed by atoms with Gasteiger partial charge >= 0.3 is 0 Å². The second-order valence-corrected chi connectivity index (χ2v) is 4.50. The van der Waals surface area contributed by atoms with Crippen LogP contribution in [0.5, 0.6) is 0 Å². The molecule has 2 aromatic rings. The van der Waals surface area contributed by atoms with Crippen molar-refractivity contribution in [1.29, 1.82) is 5.26 Å². The SMILES string of the molecule is N#Cc1cc(Cl)nc(-n2ccc(C3CC3)n2)c1. The van der Waals surface area contributed by atoms with Gasteiger partial charge in [-0.2, -0.15) is 10.4 Å². The monoisotopic (exact) mass is 244 g/mol. The number of rotatable bonds is 2. The first-order valence-electron chi connectivity index (χ1n) is 5.40. The third-order valence-corrected chi connectivity index (χ3v) is 2.94. The number of aromatic nitrogens is 3. The van der Waals surface area contributed by atoms with Gasteiger partial charge in [-0.15, -0.1) is 0 Å². The summed E-state index contributed by atoms with van der Waals surface area (Å²) in [5, 5.41) is 13.6. The molecular weight excluding hydrogens is 236 g/mol. The summed E-state index contributed by atoms with van der Waals surface area (Å²) in [7, 11) is 0. The van der Waals surface area contributed by atoms with Gasteiger partial charge < -0.3 is 0 Å². The van der Waals surface area contributed by atoms with Crippen LogP contribution in [0.25, 0.3) is 5.82 Å². The highest BCUT2D eigenvalue weighted by Crippen LogP contribution is 2.38. The van der Waals surface area contributed by atoms with Gasteiger partial charge in [0.15, 0.2) is 5.82 Å². The van der Waals surface area contributed by atoms with E-state index in [1.807, 2.05) is 12.3 Å². The first-order chi connectivity index (χ1) is 8.26. The van der Waals surface area contributed by atoms with Crippen LogP contribution in [0, 0.1) is 11.3 Å². The molecule has 0 aliphatic heterocycles. The van der Waals surface area contributed by atoms with E-state index >= 15 is 0 Å². The van der Waals surface area contributed by atoms with Crippen molar-refractivity contribution in [2.75, 3.05) is 0 Å². The molecule has 17 heavy (non-hydrogen) atoms. The molecule has 0 saturated heterocycles. The molecule has 0 aromatic carbocycles. The van der Waals surface area contributed by atoms with Crippen LogP contribution in [-0.4, -0.2) is 14.8 Å². The number of nitriles is 1. The van der Waals surface area contributed by atoms with Crippen LogP contribution in [0.1, 0.15) is 30.0 Å². The van der Waals surface area contributed by atoms with Crippen molar-refractivity contribution >= 4 is 11.6 Å². The van der Waals surface area contributed by atoms with Gasteiger partial charge in [0.05, 0.1) is 17.3 Å². The maximum Gasteiger partial charge on any atom is 0.156 e. The Hall–Kier alpha value is -1.86. The van der Waals surface area contributed by atoms with Crippen LogP contribution < -0.4 is 0 Å². The van der Waals surface area contributed by atoms with Gasteiger partial charge in [-0.3, -0.25) is 0 Å². The lowest BCUT2D eigenvalue weighted by molar-refractivity contribution is 0.812. The highest BCUT2D eigenvalue weighted by atomic mass is 35.5. The molecule has 0 atom stereocenters. The summed E-state index contributed by atoms with van der Waals surface area (Å²) in [6, 6.07) is 7.26. The fraction of sp³-hybridized carbons (Fsp3) is 0.250. The summed E-state index contributed by atoms with van der Waals surface area (Å²) in [6.07, 6.45) is 4.28. The van der Waals surface area contributed by atoms with Crippen LogP contribution in [0.3, 0.4) is 0 Å². The molecule has 5 heteroatoms. The molecule has 3 rings (SSSR count). The van der Waals surface area contributed by atoms with E-state index in [2.05, 4.69) is 16.2 Å². The van der Waals surface area contributed by atoms with Gasteiger partial charge in [0.25, 0.3) is 0 Å². The number of halogens is 1. The molecule has 1 aliphatic rings. The van der Waals surface area contributed by atoms with E-state index in [0.717, 1.165) is 5.69 Å². The fourth-order valence-corrected chi connectivity index (χ4v) is 1.93. The first kappa shape index (κ1) is 10.3. The predicted octanol–water partition coefficient (Wildman–Crippen LogP) is 2.67. The number of hydrogen-bond acceptors (Lipinski definition) is 3. The Kier molecular flexibility index (Phi) is 2.34. The molecular formula is C12H9ClN4. The Morgan fingerprint density at radius 3 is 2.94 bits per heavy atom. The van der Waals surface area contributed by atoms with E-state index in [1.165, 1.54) is 18.9 Å². The summed E-state index contributed by atoms with van der Waals surface area (Å²) in [6.45, 7) is 0. The lowest BCUT2D eigenvalue weighted by Gasteiger charge is -2.01. The largest absolute Gasteiger partial charge is 0.222 e. The Morgan fingerprint density at radius 1 is 1.41 bits per heavy atom. The summed E-state index contributed by atoms with van der Waals surface area (Å²) >= 11 is 5.86. The third kappa shape index (κ3) is 2.02. The summed E-state index contributed by atoms with van der Waals surface area (Å²) in [4.78, 5) is 4.16. The maximum atomic E-state index is 8.87. The Morgan fingerprint density at radius 2 is 2.24 bits per heavy atom. The zero-order valence-corrected chi connectivity index (χ0v) is 9.72. The maximum absolute atomic E-state index is 8.87. The average molecular weight is 245 g/mol. The van der Waals surface area contributed by atoms with Crippen molar-refractivity contribution in [1.82, 2.24) is 14.8 Å². The van der Waals surface area contributed by atoms with E-state index in [9.17, 15) is 0 Å². The molecule has 84 valence electrons. The van der Waals surface area contributed by atoms with Gasteiger partial charge in [0.1, 0.15) is 5.15 Å². The molecule has 0 unspecified atom stereocenters. The van der Waals surface area contributed by atoms with Crippen LogP contribution in [-0.2, 0) is 0 Å². The second kappa shape index (κ2) is 3.86. The molecule has 4 nitrogen and oxygen atoms in total. The molecule has 2 heterocycles. The van der Waals surface area contributed by atoms with Crippen LogP contribution >= 0.6 is 11.6 Å². The van der Waals surface area contributed by atoms with E-state index in [4.69, 9.17) is 16.9 Å². The quantitative estimate of drug-likeness (QED) is 0.763. The molecule has 0 amide bonds. The summed E-state index contributed by atoms with van der Waals surface area (Å²) in [5.41, 5.74) is 1.58. The smallest absolute Gasteiger partial charge is 0.156 e. The Bertz CT molecular complexity index is 607. The van der Waals surface area contributed by atoms with Gasteiger partial charge in [0, 0.05) is 18.2 Å². The van der Waals surface area contributed by atoms with Crippen molar-refractivity contribution < 1.29 is 0 Å². The average Bonchev–Trinajstić information content (AvgIpc) is 3.06. The molecule has 0 N–H and O–H groups in total. The van der Waals surface area contributed by atoms with Gasteiger partial charge in [0.2, 0.25) is 0 Å². The second-order valence-electron chi connectivity index (χ2n) is 4.11. The fourth-order valence-electron chi connectivity index (χ4n) is 1.73. The first-order valence-corrected chi connectivity index (χ1v) is 5.78. The Labute approximate surface area is 103 Å². The molecule has 1 saturated carbocycles. The number of pyridine rings is 1. The number of nitrogens with zero attached hydrogens (tertiary/aromatic N) is 4. The van der Waals surface area contributed by atoms with Crippen molar-refractivity contribution in [3.8, 4) is 11.9 Å². The van der Waals surface area contributed by atoms with Crippen LogP contribution in [0.4, 0.5) is 0 Å². The minimum Gasteiger partial charge on any atom is -0.222 e. The van der Waals surface area contributed by atoms with E-state index in [1.54, 1.807) is 10.7 Å². The predicted molar refractivity (Wildman–Crippen MR) is 63.1 cm³/mol. The highest BCUT2D eigenvalue weighted by molar-refractivity contribution is 6.29. The van der Waals surface area contributed by atoms with Crippen molar-refractivity contribution in [3.05, 3.63) is 40.8 Å². The van der Waals surface area contributed by atoms with Crippen molar-refractivity contribution in [3.63, 3.8) is 0 Å².